The Morgan fingerprint density at radius 1 is 1.60 bits per heavy atom. The lowest BCUT2D eigenvalue weighted by molar-refractivity contribution is -0.385. The highest BCUT2D eigenvalue weighted by molar-refractivity contribution is 9.10. The number of halogens is 2. The van der Waals surface area contributed by atoms with Crippen LogP contribution in [0.15, 0.2) is 16.6 Å². The van der Waals surface area contributed by atoms with E-state index in [4.69, 9.17) is 11.6 Å². The molecule has 0 bridgehead atoms. The van der Waals surface area contributed by atoms with Crippen LogP contribution in [0.25, 0.3) is 0 Å². The second-order valence-corrected chi connectivity index (χ2v) is 4.00. The zero-order chi connectivity index (χ0) is 11.6. The van der Waals surface area contributed by atoms with Gasteiger partial charge in [0.05, 0.1) is 15.3 Å². The average molecular weight is 293 g/mol. The number of carbonyl (C=O) groups excluding carboxylic acids is 1. The summed E-state index contributed by atoms with van der Waals surface area (Å²) in [6, 6.07) is 2.80. The Labute approximate surface area is 99.5 Å². The summed E-state index contributed by atoms with van der Waals surface area (Å²) in [5.74, 6) is -0.506. The largest absolute Gasteiger partial charge is 0.293 e. The van der Waals surface area contributed by atoms with Crippen molar-refractivity contribution in [3.8, 4) is 0 Å². The molecule has 6 heteroatoms. The van der Waals surface area contributed by atoms with E-state index < -0.39 is 4.92 Å². The first-order chi connectivity index (χ1) is 6.97. The summed E-state index contributed by atoms with van der Waals surface area (Å²) in [4.78, 5) is 21.4. The van der Waals surface area contributed by atoms with Crippen LogP contribution in [-0.2, 0) is 0 Å². The van der Waals surface area contributed by atoms with Crippen LogP contribution >= 0.6 is 27.5 Å². The molecule has 0 radical (unpaired) electrons. The van der Waals surface area contributed by atoms with Gasteiger partial charge in [0.2, 0.25) is 0 Å². The third-order valence-corrected chi connectivity index (χ3v) is 3.15. The highest BCUT2D eigenvalue weighted by Gasteiger charge is 2.17. The van der Waals surface area contributed by atoms with Gasteiger partial charge in [-0.3, -0.25) is 14.9 Å². The number of hydrogen-bond donors (Lipinski definition) is 0. The lowest BCUT2D eigenvalue weighted by atomic mass is 10.1. The van der Waals surface area contributed by atoms with Crippen LogP contribution in [0.4, 0.5) is 5.69 Å². The monoisotopic (exact) mass is 291 g/mol. The van der Waals surface area contributed by atoms with Gasteiger partial charge < -0.3 is 0 Å². The van der Waals surface area contributed by atoms with Crippen LogP contribution in [0.1, 0.15) is 15.9 Å². The third kappa shape index (κ3) is 2.54. The van der Waals surface area contributed by atoms with Gasteiger partial charge in [0.1, 0.15) is 0 Å². The maximum atomic E-state index is 11.3. The predicted octanol–water partition coefficient (Wildman–Crippen LogP) is 3.09. The summed E-state index contributed by atoms with van der Waals surface area (Å²) in [6.45, 7) is 1.68. The number of nitro benzene ring substituents is 1. The van der Waals surface area contributed by atoms with Gasteiger partial charge in [-0.1, -0.05) is 0 Å². The van der Waals surface area contributed by atoms with Crippen LogP contribution in [0.2, 0.25) is 0 Å². The highest BCUT2D eigenvalue weighted by atomic mass is 79.9. The van der Waals surface area contributed by atoms with Gasteiger partial charge >= 0.3 is 0 Å². The van der Waals surface area contributed by atoms with Crippen molar-refractivity contribution in [3.05, 3.63) is 37.8 Å². The molecule has 0 heterocycles. The molecule has 0 saturated heterocycles. The Kier molecular flexibility index (Phi) is 3.82. The van der Waals surface area contributed by atoms with Crippen LogP contribution in [0, 0.1) is 17.0 Å². The molecular formula is C9H7BrClNO3. The van der Waals surface area contributed by atoms with Crippen molar-refractivity contribution in [1.29, 1.82) is 0 Å². The van der Waals surface area contributed by atoms with E-state index in [2.05, 4.69) is 15.9 Å². The minimum Gasteiger partial charge on any atom is -0.293 e. The summed E-state index contributed by atoms with van der Waals surface area (Å²) in [6.07, 6.45) is 0. The molecule has 0 amide bonds. The molecule has 0 N–H and O–H groups in total. The first-order valence-electron chi connectivity index (χ1n) is 4.01. The van der Waals surface area contributed by atoms with Gasteiger partial charge in [0.25, 0.3) is 5.69 Å². The minimum absolute atomic E-state index is 0.122. The van der Waals surface area contributed by atoms with Crippen molar-refractivity contribution in [1.82, 2.24) is 0 Å². The molecule has 0 spiro atoms. The molecule has 0 atom stereocenters. The Balaban J connectivity index is 3.35. The van der Waals surface area contributed by atoms with Crippen molar-refractivity contribution in [2.24, 2.45) is 0 Å². The van der Waals surface area contributed by atoms with Crippen molar-refractivity contribution < 1.29 is 9.72 Å². The molecule has 0 unspecified atom stereocenters. The summed E-state index contributed by atoms with van der Waals surface area (Å²) in [7, 11) is 0. The van der Waals surface area contributed by atoms with Gasteiger partial charge in [-0.25, -0.2) is 0 Å². The molecule has 80 valence electrons. The fraction of sp³-hybridized carbons (Fsp3) is 0.222. The maximum absolute atomic E-state index is 11.3. The Hall–Kier alpha value is -0.940. The normalized spacial score (nSPS) is 10.1. The predicted molar refractivity (Wildman–Crippen MR) is 60.6 cm³/mol. The fourth-order valence-electron chi connectivity index (χ4n) is 1.12. The molecule has 4 nitrogen and oxygen atoms in total. The SMILES string of the molecule is Cc1cc(C(=O)CCl)cc([N+](=O)[O-])c1Br. The van der Waals surface area contributed by atoms with Gasteiger partial charge in [-0.05, 0) is 34.5 Å². The third-order valence-electron chi connectivity index (χ3n) is 1.88. The molecule has 15 heavy (non-hydrogen) atoms. The molecule has 0 aromatic heterocycles. The van der Waals surface area contributed by atoms with Crippen molar-refractivity contribution in [2.45, 2.75) is 6.92 Å². The minimum atomic E-state index is -0.540. The Morgan fingerprint density at radius 2 is 2.20 bits per heavy atom. The average Bonchev–Trinajstić information content (AvgIpc) is 2.20. The molecule has 0 fully saturated rings. The molecule has 0 aliphatic heterocycles. The number of hydrogen-bond acceptors (Lipinski definition) is 3. The molecule has 1 aromatic carbocycles. The van der Waals surface area contributed by atoms with Crippen molar-refractivity contribution in [3.63, 3.8) is 0 Å². The zero-order valence-corrected chi connectivity index (χ0v) is 10.1. The summed E-state index contributed by atoms with van der Waals surface area (Å²) in [5.41, 5.74) is 0.776. The van der Waals surface area contributed by atoms with Gasteiger partial charge in [0, 0.05) is 11.6 Å². The van der Waals surface area contributed by atoms with E-state index in [1.165, 1.54) is 6.07 Å². The number of alkyl halides is 1. The summed E-state index contributed by atoms with van der Waals surface area (Å²) in [5, 5.41) is 10.7. The number of benzene rings is 1. The number of aryl methyl sites for hydroxylation is 1. The van der Waals surface area contributed by atoms with E-state index in [0.717, 1.165) is 0 Å². The number of nitro groups is 1. The topological polar surface area (TPSA) is 60.2 Å². The number of carbonyl (C=O) groups is 1. The molecular weight excluding hydrogens is 285 g/mol. The van der Waals surface area contributed by atoms with Crippen molar-refractivity contribution in [2.75, 3.05) is 5.88 Å². The van der Waals surface area contributed by atoms with E-state index >= 15 is 0 Å². The second kappa shape index (κ2) is 4.72. The standard InChI is InChI=1S/C9H7BrClNO3/c1-5-2-6(8(13)4-11)3-7(9(5)10)12(14)15/h2-3H,4H2,1H3. The zero-order valence-electron chi connectivity index (χ0n) is 7.79. The Morgan fingerprint density at radius 3 is 2.67 bits per heavy atom. The summed E-state index contributed by atoms with van der Waals surface area (Å²) < 4.78 is 0.388. The van der Waals surface area contributed by atoms with Crippen LogP contribution in [0.5, 0.6) is 0 Å². The molecule has 0 aliphatic rings. The maximum Gasteiger partial charge on any atom is 0.284 e. The van der Waals surface area contributed by atoms with E-state index in [-0.39, 0.29) is 22.9 Å². The van der Waals surface area contributed by atoms with Crippen molar-refractivity contribution >= 4 is 39.0 Å². The smallest absolute Gasteiger partial charge is 0.284 e. The quantitative estimate of drug-likeness (QED) is 0.372. The van der Waals surface area contributed by atoms with Crippen LogP contribution in [0.3, 0.4) is 0 Å². The van der Waals surface area contributed by atoms with E-state index in [9.17, 15) is 14.9 Å². The van der Waals surface area contributed by atoms with Gasteiger partial charge in [0.15, 0.2) is 5.78 Å². The lowest BCUT2D eigenvalue weighted by Gasteiger charge is -2.03. The van der Waals surface area contributed by atoms with E-state index in [1.807, 2.05) is 0 Å². The van der Waals surface area contributed by atoms with E-state index in [0.29, 0.717) is 10.0 Å². The molecule has 1 aromatic rings. The first-order valence-corrected chi connectivity index (χ1v) is 5.33. The molecule has 1 rings (SSSR count). The first kappa shape index (κ1) is 12.1. The van der Waals surface area contributed by atoms with Gasteiger partial charge in [-0.2, -0.15) is 0 Å². The van der Waals surface area contributed by atoms with Crippen LogP contribution in [-0.4, -0.2) is 16.6 Å². The number of Topliss-reactive ketones (excluding diaryl/α,β-unsaturated/α-hetero) is 1. The van der Waals surface area contributed by atoms with Crippen LogP contribution < -0.4 is 0 Å². The lowest BCUT2D eigenvalue weighted by Crippen LogP contribution is -2.03. The van der Waals surface area contributed by atoms with Gasteiger partial charge in [-0.15, -0.1) is 11.6 Å². The van der Waals surface area contributed by atoms with E-state index in [1.54, 1.807) is 13.0 Å². The second-order valence-electron chi connectivity index (χ2n) is 2.94. The highest BCUT2D eigenvalue weighted by Crippen LogP contribution is 2.29. The number of rotatable bonds is 3. The molecule has 0 saturated carbocycles. The Bertz CT molecular complexity index is 434. The number of nitrogens with zero attached hydrogens (tertiary/aromatic N) is 1. The summed E-state index contributed by atoms with van der Waals surface area (Å²) >= 11 is 8.48. The number of ketones is 1. The molecule has 0 aliphatic carbocycles. The fourth-order valence-corrected chi connectivity index (χ4v) is 1.65.